The van der Waals surface area contributed by atoms with Gasteiger partial charge in [-0.05, 0) is 13.2 Å². The molecule has 1 nitrogen and oxygen atoms in total. The Kier molecular flexibility index (Phi) is 58.1. The Morgan fingerprint density at radius 3 is 0.824 bits per heavy atom. The maximum absolute atomic E-state index is 5.19. The Balaban J connectivity index is -0.0000000333. The second-order valence-corrected chi connectivity index (χ2v) is 3.49. The molecule has 0 bridgehead atoms. The van der Waals surface area contributed by atoms with Gasteiger partial charge in [-0.1, -0.05) is 0 Å². The average molecular weight is 686 g/mol. The molecule has 0 fully saturated rings. The Morgan fingerprint density at radius 2 is 0.706 bits per heavy atom. The summed E-state index contributed by atoms with van der Waals surface area (Å²) in [5.74, 6) is 0. The van der Waals surface area contributed by atoms with Gasteiger partial charge in [0.25, 0.3) is 0 Å². The molecule has 0 N–H and O–H groups in total. The molecule has 0 saturated carbocycles. The Labute approximate surface area is 259 Å². The molecule has 0 atom stereocenters. The largest absolute Gasteiger partial charge is 0.409 e. The van der Waals surface area contributed by atoms with Gasteiger partial charge in [0.2, 0.25) is 0 Å². The summed E-state index contributed by atoms with van der Waals surface area (Å²) in [5, 5.41) is 0. The van der Waals surface area contributed by atoms with Gasteiger partial charge >= 0.3 is 0 Å². The molecule has 0 aromatic heterocycles. The van der Waals surface area contributed by atoms with E-state index in [0.29, 0.717) is 13.2 Å². The third-order valence-corrected chi connectivity index (χ3v) is 0.816. The first-order chi connectivity index (χ1) is 4.71. The van der Waals surface area contributed by atoms with E-state index in [9.17, 15) is 0 Å². The van der Waals surface area contributed by atoms with Crippen LogP contribution in [-0.2, 0) is 201 Å². The Bertz CT molecular complexity index is 105. The molecule has 0 unspecified atom stereocenters. The molecule has 17 heavy (non-hydrogen) atoms. The first-order valence-corrected chi connectivity index (χ1v) is 3.41. The van der Waals surface area contributed by atoms with Gasteiger partial charge in [-0.3, -0.25) is 0 Å². The van der Waals surface area contributed by atoms with Crippen LogP contribution in [0.1, 0.15) is 0 Å². The van der Waals surface area contributed by atoms with Crippen molar-refractivity contribution >= 4 is 0 Å². The predicted molar refractivity (Wildman–Crippen MR) is 47.8 cm³/mol. The maximum atomic E-state index is 5.19. The van der Waals surface area contributed by atoms with Crippen molar-refractivity contribution in [3.8, 4) is 0 Å². The zero-order valence-electron chi connectivity index (χ0n) is 10.5. The predicted octanol–water partition coefficient (Wildman–Crippen LogP) is 1.97. The third-order valence-electron chi connectivity index (χ3n) is 0.816. The van der Waals surface area contributed by atoms with E-state index in [-0.39, 0.29) is 196 Å². The van der Waals surface area contributed by atoms with Crippen LogP contribution in [0.3, 0.4) is 0 Å². The summed E-state index contributed by atoms with van der Waals surface area (Å²) in [6.45, 7) is 22.9. The van der Waals surface area contributed by atoms with E-state index in [1.165, 1.54) is 0 Å². The van der Waals surface area contributed by atoms with Crippen LogP contribution in [-0.4, -0.2) is 13.2 Å². The van der Waals surface area contributed by atoms with Gasteiger partial charge in [0.1, 0.15) is 0 Å². The summed E-state index contributed by atoms with van der Waals surface area (Å²) < 4.78 is 5.19. The molecule has 0 aromatic carbocycles. The molecule has 0 spiro atoms. The number of hydrogen-bond acceptors (Lipinski definition) is 1. The van der Waals surface area contributed by atoms with Crippen molar-refractivity contribution in [1.29, 1.82) is 0 Å². The fourth-order valence-electron chi connectivity index (χ4n) is 0.484. The molecular weight excluding hydrogens is 670 g/mol. The first-order valence-electron chi connectivity index (χ1n) is 3.41. The fourth-order valence-corrected chi connectivity index (χ4v) is 0.484. The summed E-state index contributed by atoms with van der Waals surface area (Å²) in [6.07, 6.45) is 0. The van der Waals surface area contributed by atoms with E-state index < -0.39 is 10.8 Å². The van der Waals surface area contributed by atoms with Crippen molar-refractivity contribution in [3.05, 3.63) is 41.5 Å². The first kappa shape index (κ1) is 43.7. The zero-order valence-corrected chi connectivity index (χ0v) is 27.6. The second kappa shape index (κ2) is 22.6. The average Bonchev–Trinajstić information content (AvgIpc) is 1.55. The quantitative estimate of drug-likeness (QED) is 0.412. The van der Waals surface area contributed by atoms with Crippen molar-refractivity contribution in [1.82, 2.24) is 0 Å². The van der Waals surface area contributed by atoms with Crippen molar-refractivity contribution in [3.63, 3.8) is 0 Å². The summed E-state index contributed by atoms with van der Waals surface area (Å²) in [5.41, 5.74) is -1.07. The topological polar surface area (TPSA) is 9.23 Å². The van der Waals surface area contributed by atoms with Crippen LogP contribution in [0.15, 0.2) is 0 Å². The van der Waals surface area contributed by atoms with Crippen molar-refractivity contribution in [2.45, 2.75) is 0 Å². The zero-order chi connectivity index (χ0) is 9.12. The Hall–Kier alpha value is 6.58. The molecule has 0 saturated heterocycles. The SMILES string of the molecule is [CH2-]C([CH2-])([CH2-])COCC([CH2-])([CH2-])[CH2-].[Y].[Y].[Y].[Y].[Y].[Y]. The van der Waals surface area contributed by atoms with Crippen LogP contribution in [0.5, 0.6) is 0 Å². The van der Waals surface area contributed by atoms with Crippen LogP contribution in [0, 0.1) is 52.4 Å². The van der Waals surface area contributed by atoms with Gasteiger partial charge in [-0.15, -0.1) is 0 Å². The molecule has 6 radical (unpaired) electrons. The van der Waals surface area contributed by atoms with Gasteiger partial charge in [0.15, 0.2) is 0 Å². The van der Waals surface area contributed by atoms with E-state index in [2.05, 4.69) is 41.5 Å². The molecule has 86 valence electrons. The van der Waals surface area contributed by atoms with Gasteiger partial charge in [0, 0.05) is 196 Å². The van der Waals surface area contributed by atoms with Crippen molar-refractivity contribution in [2.24, 2.45) is 10.8 Å². The molecule has 0 aliphatic rings. The van der Waals surface area contributed by atoms with E-state index in [1.807, 2.05) is 0 Å². The maximum Gasteiger partial charge on any atom is 0 e. The minimum Gasteiger partial charge on any atom is -0.409 e. The fraction of sp³-hybridized carbons (Fsp3) is 0.400. The van der Waals surface area contributed by atoms with Crippen LogP contribution in [0.4, 0.5) is 0 Å². The summed E-state index contributed by atoms with van der Waals surface area (Å²) in [7, 11) is 0. The van der Waals surface area contributed by atoms with Gasteiger partial charge in [-0.25, -0.2) is 0 Å². The number of hydrogen-bond donors (Lipinski definition) is 0. The molecule has 0 aliphatic heterocycles. The van der Waals surface area contributed by atoms with E-state index in [1.54, 1.807) is 0 Å². The standard InChI is InChI=1S/C10H16O.6Y/c1-9(2,3)7-11-8-10(4,5)6;;;;;;/h1-8H2;;;;;;/q-6;;;;;;. The molecule has 0 aromatic rings. The van der Waals surface area contributed by atoms with Crippen molar-refractivity contribution in [2.75, 3.05) is 13.2 Å². The smallest absolute Gasteiger partial charge is 0 e. The monoisotopic (exact) mass is 686 g/mol. The van der Waals surface area contributed by atoms with E-state index >= 15 is 0 Å². The second-order valence-electron chi connectivity index (χ2n) is 3.49. The van der Waals surface area contributed by atoms with E-state index in [4.69, 9.17) is 4.74 Å². The summed E-state index contributed by atoms with van der Waals surface area (Å²) in [6, 6.07) is 0. The molecule has 0 rings (SSSR count). The summed E-state index contributed by atoms with van der Waals surface area (Å²) >= 11 is 0. The van der Waals surface area contributed by atoms with Crippen molar-refractivity contribution < 1.29 is 201 Å². The van der Waals surface area contributed by atoms with Crippen LogP contribution >= 0.6 is 0 Å². The number of rotatable bonds is 4. The molecule has 7 heteroatoms. The Morgan fingerprint density at radius 1 is 0.529 bits per heavy atom. The van der Waals surface area contributed by atoms with Gasteiger partial charge in [-0.2, -0.15) is 0 Å². The molecule has 0 aliphatic carbocycles. The van der Waals surface area contributed by atoms with Crippen LogP contribution in [0.25, 0.3) is 0 Å². The van der Waals surface area contributed by atoms with E-state index in [0.717, 1.165) is 0 Å². The third kappa shape index (κ3) is 45.0. The minimum atomic E-state index is -0.536. The molecule has 0 amide bonds. The number of ether oxygens (including phenoxy) is 1. The normalized spacial score (nSPS) is 8.82. The van der Waals surface area contributed by atoms with Gasteiger partial charge in [0.05, 0.1) is 0 Å². The van der Waals surface area contributed by atoms with Crippen LogP contribution < -0.4 is 0 Å². The molecule has 0 heterocycles. The summed E-state index contributed by atoms with van der Waals surface area (Å²) in [4.78, 5) is 0. The minimum absolute atomic E-state index is 0. The molecular formula is C10H16OY6-6. The van der Waals surface area contributed by atoms with Crippen LogP contribution in [0.2, 0.25) is 0 Å². The van der Waals surface area contributed by atoms with Gasteiger partial charge < -0.3 is 57.1 Å².